The first-order valence-electron chi connectivity index (χ1n) is 9.70. The van der Waals surface area contributed by atoms with Gasteiger partial charge in [0.15, 0.2) is 0 Å². The van der Waals surface area contributed by atoms with Gasteiger partial charge in [0.05, 0.1) is 12.1 Å². The minimum atomic E-state index is -0.576. The van der Waals surface area contributed by atoms with E-state index in [1.165, 1.54) is 18.2 Å². The van der Waals surface area contributed by atoms with Gasteiger partial charge in [-0.2, -0.15) is 0 Å². The predicted molar refractivity (Wildman–Crippen MR) is 113 cm³/mol. The van der Waals surface area contributed by atoms with Gasteiger partial charge in [0.25, 0.3) is 5.91 Å². The first kappa shape index (κ1) is 21.3. The van der Waals surface area contributed by atoms with E-state index < -0.39 is 5.82 Å². The van der Waals surface area contributed by atoms with E-state index in [0.29, 0.717) is 31.2 Å². The van der Waals surface area contributed by atoms with Gasteiger partial charge >= 0.3 is 0 Å². The zero-order valence-electron chi connectivity index (χ0n) is 16.6. The molecule has 1 saturated heterocycles. The van der Waals surface area contributed by atoms with Gasteiger partial charge in [-0.25, -0.2) is 4.39 Å². The monoisotopic (exact) mass is 417 g/mol. The number of halogens is 2. The second-order valence-corrected chi connectivity index (χ2v) is 7.82. The van der Waals surface area contributed by atoms with E-state index >= 15 is 0 Å². The topological polar surface area (TPSA) is 43.9 Å². The quantitative estimate of drug-likeness (QED) is 0.745. The molecule has 0 radical (unpaired) electrons. The Morgan fingerprint density at radius 3 is 2.34 bits per heavy atom. The number of nitrogens with zero attached hydrogens (tertiary/aromatic N) is 3. The number of carbonyl (C=O) groups excluding carboxylic acids is 2. The summed E-state index contributed by atoms with van der Waals surface area (Å²) in [5.74, 6) is -0.927. The zero-order chi connectivity index (χ0) is 21.0. The molecule has 0 atom stereocenters. The molecule has 0 aromatic heterocycles. The number of amides is 2. The molecule has 1 heterocycles. The Morgan fingerprint density at radius 1 is 1.07 bits per heavy atom. The van der Waals surface area contributed by atoms with E-state index in [2.05, 4.69) is 0 Å². The molecule has 7 heteroatoms. The van der Waals surface area contributed by atoms with Gasteiger partial charge in [-0.1, -0.05) is 29.8 Å². The van der Waals surface area contributed by atoms with Gasteiger partial charge in [-0.3, -0.25) is 14.5 Å². The highest BCUT2D eigenvalue weighted by atomic mass is 35.5. The van der Waals surface area contributed by atoms with Crippen molar-refractivity contribution in [3.63, 3.8) is 0 Å². The smallest absolute Gasteiger partial charge is 0.256 e. The molecule has 0 aliphatic carbocycles. The number of piperazine rings is 1. The van der Waals surface area contributed by atoms with E-state index in [1.54, 1.807) is 9.80 Å². The minimum Gasteiger partial charge on any atom is -0.336 e. The van der Waals surface area contributed by atoms with Crippen LogP contribution in [0.25, 0.3) is 0 Å². The molecule has 154 valence electrons. The summed E-state index contributed by atoms with van der Waals surface area (Å²) in [5.41, 5.74) is 0.856. The maximum atomic E-state index is 14.0. The molecular formula is C22H25ClFN3O2. The molecule has 0 spiro atoms. The largest absolute Gasteiger partial charge is 0.336 e. The SMILES string of the molecule is CC(C)N(C(=O)CN1CCN(C(=O)c2cc(Cl)ccc2F)CC1)c1ccccc1. The first-order valence-corrected chi connectivity index (χ1v) is 10.1. The number of rotatable bonds is 5. The maximum Gasteiger partial charge on any atom is 0.256 e. The van der Waals surface area contributed by atoms with Crippen molar-refractivity contribution in [1.29, 1.82) is 0 Å². The van der Waals surface area contributed by atoms with E-state index in [1.807, 2.05) is 49.1 Å². The van der Waals surface area contributed by atoms with Crippen molar-refractivity contribution in [2.24, 2.45) is 0 Å². The number of hydrogen-bond donors (Lipinski definition) is 0. The second-order valence-electron chi connectivity index (χ2n) is 7.39. The molecule has 1 aliphatic rings. The highest BCUT2D eigenvalue weighted by molar-refractivity contribution is 6.31. The molecular weight excluding hydrogens is 393 g/mol. The Bertz CT molecular complexity index is 868. The Hall–Kier alpha value is -2.44. The number of para-hydroxylation sites is 1. The van der Waals surface area contributed by atoms with Crippen LogP contribution in [0.5, 0.6) is 0 Å². The van der Waals surface area contributed by atoms with Gasteiger partial charge in [0, 0.05) is 42.9 Å². The maximum absolute atomic E-state index is 14.0. The van der Waals surface area contributed by atoms with Gasteiger partial charge in [-0.05, 0) is 44.2 Å². The van der Waals surface area contributed by atoms with E-state index in [9.17, 15) is 14.0 Å². The van der Waals surface area contributed by atoms with Crippen molar-refractivity contribution >= 4 is 29.1 Å². The molecule has 0 N–H and O–H groups in total. The van der Waals surface area contributed by atoms with Crippen molar-refractivity contribution in [2.45, 2.75) is 19.9 Å². The highest BCUT2D eigenvalue weighted by Gasteiger charge is 2.27. The standard InChI is InChI=1S/C22H25ClFN3O2/c1-16(2)27(18-6-4-3-5-7-18)21(28)15-25-10-12-26(13-11-25)22(29)19-14-17(23)8-9-20(19)24/h3-9,14,16H,10-13,15H2,1-2H3. The van der Waals surface area contributed by atoms with Crippen LogP contribution >= 0.6 is 11.6 Å². The van der Waals surface area contributed by atoms with Crippen LogP contribution < -0.4 is 4.90 Å². The molecule has 3 rings (SSSR count). The van der Waals surface area contributed by atoms with E-state index in [0.717, 1.165) is 5.69 Å². The second kappa shape index (κ2) is 9.37. The third kappa shape index (κ3) is 5.14. The lowest BCUT2D eigenvalue weighted by molar-refractivity contribution is -0.120. The highest BCUT2D eigenvalue weighted by Crippen LogP contribution is 2.19. The Kier molecular flexibility index (Phi) is 6.87. The molecule has 2 aromatic carbocycles. The predicted octanol–water partition coefficient (Wildman–Crippen LogP) is 3.68. The molecule has 1 fully saturated rings. The van der Waals surface area contributed by atoms with Crippen molar-refractivity contribution < 1.29 is 14.0 Å². The van der Waals surface area contributed by atoms with Gasteiger partial charge < -0.3 is 9.80 Å². The first-order chi connectivity index (χ1) is 13.9. The third-order valence-electron chi connectivity index (χ3n) is 5.00. The van der Waals surface area contributed by atoms with Crippen LogP contribution in [-0.2, 0) is 4.79 Å². The Morgan fingerprint density at radius 2 is 1.72 bits per heavy atom. The Balaban J connectivity index is 1.60. The molecule has 1 aliphatic heterocycles. The molecule has 2 amide bonds. The zero-order valence-corrected chi connectivity index (χ0v) is 17.4. The number of anilines is 1. The average molecular weight is 418 g/mol. The molecule has 29 heavy (non-hydrogen) atoms. The lowest BCUT2D eigenvalue weighted by Gasteiger charge is -2.36. The number of carbonyl (C=O) groups is 2. The van der Waals surface area contributed by atoms with Crippen molar-refractivity contribution in [2.75, 3.05) is 37.6 Å². The fourth-order valence-corrected chi connectivity index (χ4v) is 3.70. The van der Waals surface area contributed by atoms with Crippen LogP contribution in [0.3, 0.4) is 0 Å². The number of hydrogen-bond acceptors (Lipinski definition) is 3. The van der Waals surface area contributed by atoms with Crippen LogP contribution in [0.2, 0.25) is 5.02 Å². The summed E-state index contributed by atoms with van der Waals surface area (Å²) in [6.07, 6.45) is 0. The Labute approximate surface area is 175 Å². The van der Waals surface area contributed by atoms with E-state index in [4.69, 9.17) is 11.6 Å². The van der Waals surface area contributed by atoms with Gasteiger partial charge in [-0.15, -0.1) is 0 Å². The molecule has 2 aromatic rings. The molecule has 0 unspecified atom stereocenters. The summed E-state index contributed by atoms with van der Waals surface area (Å²) in [6.45, 7) is 6.24. The molecule has 0 bridgehead atoms. The summed E-state index contributed by atoms with van der Waals surface area (Å²) >= 11 is 5.90. The average Bonchev–Trinajstić information content (AvgIpc) is 2.70. The van der Waals surface area contributed by atoms with Crippen molar-refractivity contribution in [1.82, 2.24) is 9.80 Å². The summed E-state index contributed by atoms with van der Waals surface area (Å²) in [4.78, 5) is 31.0. The van der Waals surface area contributed by atoms with Crippen LogP contribution in [-0.4, -0.2) is 60.4 Å². The fourth-order valence-electron chi connectivity index (χ4n) is 3.53. The van der Waals surface area contributed by atoms with Crippen molar-refractivity contribution in [3.05, 3.63) is 64.9 Å². The normalized spacial score (nSPS) is 14.9. The summed E-state index contributed by atoms with van der Waals surface area (Å²) in [6, 6.07) is 13.6. The van der Waals surface area contributed by atoms with Gasteiger partial charge in [0.1, 0.15) is 5.82 Å². The van der Waals surface area contributed by atoms with Gasteiger partial charge in [0.2, 0.25) is 5.91 Å². The van der Waals surface area contributed by atoms with Crippen molar-refractivity contribution in [3.8, 4) is 0 Å². The van der Waals surface area contributed by atoms with Crippen LogP contribution in [0.1, 0.15) is 24.2 Å². The summed E-state index contributed by atoms with van der Waals surface area (Å²) in [7, 11) is 0. The lowest BCUT2D eigenvalue weighted by Crippen LogP contribution is -2.52. The van der Waals surface area contributed by atoms with E-state index in [-0.39, 0.29) is 30.0 Å². The van der Waals surface area contributed by atoms with Crippen LogP contribution in [0, 0.1) is 5.82 Å². The third-order valence-corrected chi connectivity index (χ3v) is 5.23. The van der Waals surface area contributed by atoms with Crippen LogP contribution in [0.4, 0.5) is 10.1 Å². The van der Waals surface area contributed by atoms with Crippen LogP contribution in [0.15, 0.2) is 48.5 Å². The fraction of sp³-hybridized carbons (Fsp3) is 0.364. The minimum absolute atomic E-state index is 0.0166. The summed E-state index contributed by atoms with van der Waals surface area (Å²) < 4.78 is 14.0. The molecule has 5 nitrogen and oxygen atoms in total. The lowest BCUT2D eigenvalue weighted by atomic mass is 10.1. The summed E-state index contributed by atoms with van der Waals surface area (Å²) in [5, 5.41) is 0.327. The number of benzene rings is 2. The molecule has 0 saturated carbocycles.